The Labute approximate surface area is 149 Å². The van der Waals surface area contributed by atoms with Crippen molar-refractivity contribution in [3.05, 3.63) is 76.6 Å². The van der Waals surface area contributed by atoms with Gasteiger partial charge in [0.1, 0.15) is 0 Å². The van der Waals surface area contributed by atoms with Crippen LogP contribution >= 0.6 is 11.6 Å². The Balaban J connectivity index is 1.94. The Kier molecular flexibility index (Phi) is 4.67. The number of nitrogens with zero attached hydrogens (tertiary/aromatic N) is 1. The van der Waals surface area contributed by atoms with Gasteiger partial charge in [-0.05, 0) is 36.1 Å². The number of nitrogens with one attached hydrogen (secondary N) is 1. The molecule has 0 spiro atoms. The molecule has 2 N–H and O–H groups in total. The van der Waals surface area contributed by atoms with E-state index >= 15 is 0 Å². The smallest absolute Gasteiger partial charge is 0.405 e. The van der Waals surface area contributed by atoms with Crippen LogP contribution in [0.4, 0.5) is 4.79 Å². The molecule has 0 aliphatic heterocycles. The predicted octanol–water partition coefficient (Wildman–Crippen LogP) is 4.45. The normalized spacial score (nSPS) is 11.9. The standard InChI is InChI=1S/C19H15ClN2O3/c1-11(22-19(24)25)12-2-4-13(5-3-12)18(23)15-6-7-17(20)16-10-21-9-8-14(15)16/h2-11,22H,1H3,(H,24,25). The molecule has 1 unspecified atom stereocenters. The summed E-state index contributed by atoms with van der Waals surface area (Å²) in [4.78, 5) is 27.6. The number of hydrogen-bond acceptors (Lipinski definition) is 3. The van der Waals surface area contributed by atoms with E-state index in [4.69, 9.17) is 16.7 Å². The van der Waals surface area contributed by atoms with E-state index in [0.717, 1.165) is 16.3 Å². The van der Waals surface area contributed by atoms with Crippen molar-refractivity contribution >= 4 is 34.2 Å². The average Bonchev–Trinajstić information content (AvgIpc) is 2.61. The maximum Gasteiger partial charge on any atom is 0.405 e. The first-order valence-corrected chi connectivity index (χ1v) is 8.01. The summed E-state index contributed by atoms with van der Waals surface area (Å²) in [6.07, 6.45) is 2.17. The van der Waals surface area contributed by atoms with E-state index in [-0.39, 0.29) is 11.8 Å². The molecule has 1 amide bonds. The first kappa shape index (κ1) is 16.9. The topological polar surface area (TPSA) is 79.3 Å². The fourth-order valence-corrected chi connectivity index (χ4v) is 2.91. The Hall–Kier alpha value is -2.92. The van der Waals surface area contributed by atoms with E-state index in [9.17, 15) is 9.59 Å². The van der Waals surface area contributed by atoms with E-state index in [2.05, 4.69) is 10.3 Å². The number of carbonyl (C=O) groups excluding carboxylic acids is 1. The Morgan fingerprint density at radius 2 is 1.80 bits per heavy atom. The highest BCUT2D eigenvalue weighted by Gasteiger charge is 2.15. The molecule has 1 aromatic heterocycles. The van der Waals surface area contributed by atoms with Gasteiger partial charge in [-0.2, -0.15) is 0 Å². The second-order valence-corrected chi connectivity index (χ2v) is 6.05. The van der Waals surface area contributed by atoms with E-state index in [0.29, 0.717) is 16.1 Å². The zero-order valence-electron chi connectivity index (χ0n) is 13.4. The SMILES string of the molecule is CC(NC(=O)O)c1ccc(C(=O)c2ccc(Cl)c3cnccc23)cc1. The molecule has 2 aromatic carbocycles. The van der Waals surface area contributed by atoms with Crippen molar-refractivity contribution < 1.29 is 14.7 Å². The van der Waals surface area contributed by atoms with Gasteiger partial charge >= 0.3 is 6.09 Å². The largest absolute Gasteiger partial charge is 0.465 e. The van der Waals surface area contributed by atoms with E-state index < -0.39 is 6.09 Å². The first-order valence-electron chi connectivity index (χ1n) is 7.63. The number of halogens is 1. The molecule has 5 nitrogen and oxygen atoms in total. The second kappa shape index (κ2) is 6.91. The lowest BCUT2D eigenvalue weighted by Crippen LogP contribution is -2.24. The van der Waals surface area contributed by atoms with E-state index in [1.54, 1.807) is 61.8 Å². The molecule has 0 fully saturated rings. The molecule has 0 saturated carbocycles. The lowest BCUT2D eigenvalue weighted by molar-refractivity contribution is 0.104. The summed E-state index contributed by atoms with van der Waals surface area (Å²) in [7, 11) is 0. The van der Waals surface area contributed by atoms with Crippen molar-refractivity contribution in [2.45, 2.75) is 13.0 Å². The number of carboxylic acid groups (broad SMARTS) is 1. The quantitative estimate of drug-likeness (QED) is 0.678. The second-order valence-electron chi connectivity index (χ2n) is 5.64. The average molecular weight is 355 g/mol. The Morgan fingerprint density at radius 3 is 2.48 bits per heavy atom. The summed E-state index contributed by atoms with van der Waals surface area (Å²) in [5.74, 6) is -0.127. The van der Waals surface area contributed by atoms with Crippen LogP contribution in [0.2, 0.25) is 5.02 Å². The number of fused-ring (bicyclic) bond motifs is 1. The number of rotatable bonds is 4. The molecule has 6 heteroatoms. The van der Waals surface area contributed by atoms with Gasteiger partial charge in [-0.1, -0.05) is 35.9 Å². The highest BCUT2D eigenvalue weighted by atomic mass is 35.5. The summed E-state index contributed by atoms with van der Waals surface area (Å²) in [5.41, 5.74) is 1.85. The molecular weight excluding hydrogens is 340 g/mol. The molecule has 0 radical (unpaired) electrons. The van der Waals surface area contributed by atoms with Gasteiger partial charge in [0.2, 0.25) is 0 Å². The van der Waals surface area contributed by atoms with Crippen LogP contribution in [0.3, 0.4) is 0 Å². The molecular formula is C19H15ClN2O3. The number of hydrogen-bond donors (Lipinski definition) is 2. The third-order valence-electron chi connectivity index (χ3n) is 4.02. The van der Waals surface area contributed by atoms with Crippen molar-refractivity contribution in [2.75, 3.05) is 0 Å². The van der Waals surface area contributed by atoms with Crippen molar-refractivity contribution in [1.82, 2.24) is 10.3 Å². The van der Waals surface area contributed by atoms with Crippen molar-refractivity contribution in [3.63, 3.8) is 0 Å². The fourth-order valence-electron chi connectivity index (χ4n) is 2.70. The number of pyridine rings is 1. The van der Waals surface area contributed by atoms with E-state index in [1.807, 2.05) is 0 Å². The monoisotopic (exact) mass is 354 g/mol. The van der Waals surface area contributed by atoms with Gasteiger partial charge < -0.3 is 10.4 Å². The third kappa shape index (κ3) is 3.46. The number of aromatic nitrogens is 1. The van der Waals surface area contributed by atoms with Gasteiger partial charge in [0.25, 0.3) is 0 Å². The molecule has 0 bridgehead atoms. The highest BCUT2D eigenvalue weighted by Crippen LogP contribution is 2.27. The molecule has 0 saturated heterocycles. The Bertz CT molecular complexity index is 955. The van der Waals surface area contributed by atoms with Crippen LogP contribution in [-0.4, -0.2) is 22.0 Å². The summed E-state index contributed by atoms with van der Waals surface area (Å²) >= 11 is 6.17. The molecule has 0 aliphatic rings. The van der Waals surface area contributed by atoms with Gasteiger partial charge in [0, 0.05) is 33.9 Å². The summed E-state index contributed by atoms with van der Waals surface area (Å²) in [6.45, 7) is 1.74. The van der Waals surface area contributed by atoms with Crippen LogP contribution in [0, 0.1) is 0 Å². The number of ketones is 1. The van der Waals surface area contributed by atoms with Crippen LogP contribution in [-0.2, 0) is 0 Å². The molecule has 3 rings (SSSR count). The number of carbonyl (C=O) groups is 2. The molecule has 0 aliphatic carbocycles. The lowest BCUT2D eigenvalue weighted by Gasteiger charge is -2.12. The van der Waals surface area contributed by atoms with Gasteiger partial charge in [-0.3, -0.25) is 9.78 Å². The van der Waals surface area contributed by atoms with E-state index in [1.165, 1.54) is 0 Å². The van der Waals surface area contributed by atoms with Crippen molar-refractivity contribution in [1.29, 1.82) is 0 Å². The Morgan fingerprint density at radius 1 is 1.08 bits per heavy atom. The van der Waals surface area contributed by atoms with Crippen LogP contribution < -0.4 is 5.32 Å². The zero-order valence-corrected chi connectivity index (χ0v) is 14.1. The van der Waals surface area contributed by atoms with Crippen LogP contribution in [0.25, 0.3) is 10.8 Å². The van der Waals surface area contributed by atoms with Crippen LogP contribution in [0.15, 0.2) is 54.9 Å². The summed E-state index contributed by atoms with van der Waals surface area (Å²) < 4.78 is 0. The molecule has 1 heterocycles. The minimum absolute atomic E-state index is 0.127. The van der Waals surface area contributed by atoms with Gasteiger partial charge in [0.05, 0.1) is 6.04 Å². The predicted molar refractivity (Wildman–Crippen MR) is 96.2 cm³/mol. The maximum absolute atomic E-state index is 12.9. The number of benzene rings is 2. The van der Waals surface area contributed by atoms with Gasteiger partial charge in [-0.25, -0.2) is 4.79 Å². The number of amides is 1. The summed E-state index contributed by atoms with van der Waals surface area (Å²) in [5, 5.41) is 13.2. The minimum Gasteiger partial charge on any atom is -0.465 e. The third-order valence-corrected chi connectivity index (χ3v) is 4.35. The zero-order chi connectivity index (χ0) is 18.0. The lowest BCUT2D eigenvalue weighted by atomic mass is 9.96. The fraction of sp³-hybridized carbons (Fsp3) is 0.105. The molecule has 1 atom stereocenters. The molecule has 3 aromatic rings. The van der Waals surface area contributed by atoms with Crippen LogP contribution in [0.5, 0.6) is 0 Å². The summed E-state index contributed by atoms with van der Waals surface area (Å²) in [6, 6.07) is 11.7. The molecule has 126 valence electrons. The van der Waals surface area contributed by atoms with Crippen molar-refractivity contribution in [2.24, 2.45) is 0 Å². The minimum atomic E-state index is -1.09. The first-order chi connectivity index (χ1) is 12.0. The van der Waals surface area contributed by atoms with Gasteiger partial charge in [0.15, 0.2) is 5.78 Å². The highest BCUT2D eigenvalue weighted by molar-refractivity contribution is 6.36. The van der Waals surface area contributed by atoms with Crippen LogP contribution in [0.1, 0.15) is 34.5 Å². The molecule has 25 heavy (non-hydrogen) atoms. The van der Waals surface area contributed by atoms with Gasteiger partial charge in [-0.15, -0.1) is 0 Å². The van der Waals surface area contributed by atoms with Crippen molar-refractivity contribution in [3.8, 4) is 0 Å². The maximum atomic E-state index is 12.9.